The summed E-state index contributed by atoms with van der Waals surface area (Å²) >= 11 is 0. The van der Waals surface area contributed by atoms with Crippen molar-refractivity contribution in [3.8, 4) is 0 Å². The second kappa shape index (κ2) is 10.1. The average Bonchev–Trinajstić information content (AvgIpc) is 3.23. The van der Waals surface area contributed by atoms with Crippen molar-refractivity contribution in [3.63, 3.8) is 0 Å². The molecule has 5 nitrogen and oxygen atoms in total. The molecule has 4 saturated carbocycles. The first-order valence-corrected chi connectivity index (χ1v) is 14.8. The lowest BCUT2D eigenvalue weighted by Crippen LogP contribution is -2.58. The van der Waals surface area contributed by atoms with Crippen molar-refractivity contribution in [2.75, 3.05) is 5.32 Å². The highest BCUT2D eigenvalue weighted by molar-refractivity contribution is 5.95. The highest BCUT2D eigenvalue weighted by atomic mass is 16.3. The molecule has 0 bridgehead atoms. The number of hydrogen-bond acceptors (Lipinski definition) is 4. The number of ketones is 1. The van der Waals surface area contributed by atoms with Gasteiger partial charge in [0.05, 0.1) is 12.2 Å². The monoisotopic (exact) mass is 509 g/mol. The molecule has 37 heavy (non-hydrogen) atoms. The quantitative estimate of drug-likeness (QED) is 0.397. The number of benzene rings is 1. The summed E-state index contributed by atoms with van der Waals surface area (Å²) < 4.78 is 0. The summed E-state index contributed by atoms with van der Waals surface area (Å²) in [6.45, 7) is 8.66. The van der Waals surface area contributed by atoms with Crippen LogP contribution < -0.4 is 5.32 Å². The van der Waals surface area contributed by atoms with Gasteiger partial charge in [0.1, 0.15) is 0 Å². The molecule has 0 saturated heterocycles. The van der Waals surface area contributed by atoms with E-state index in [0.717, 1.165) is 44.2 Å². The number of anilines is 1. The van der Waals surface area contributed by atoms with E-state index < -0.39 is 0 Å². The molecule has 5 heteroatoms. The number of nitrogens with one attached hydrogen (secondary N) is 1. The standard InChI is InChI=1S/C32H47NO4/c1-19(5-14-30(37)33-23-9-6-21(7-10-23)20(2)34)26-12-13-27-25-11-8-22-17-24(35)15-16-31(22,3)28(25)18-29(36)32(26,27)4/h6-7,9-10,19,22,24-29,35-36H,5,8,11-18H2,1-4H3,(H,33,37)/t19-,22-,24-,25+,26-,27+,28+,29+,31+,32-/m1/s1. The van der Waals surface area contributed by atoms with E-state index in [4.69, 9.17) is 0 Å². The zero-order valence-corrected chi connectivity index (χ0v) is 23.2. The highest BCUT2D eigenvalue weighted by Crippen LogP contribution is 2.68. The third-order valence-electron chi connectivity index (χ3n) is 11.9. The lowest BCUT2D eigenvalue weighted by Gasteiger charge is -2.62. The third kappa shape index (κ3) is 4.69. The topological polar surface area (TPSA) is 86.6 Å². The summed E-state index contributed by atoms with van der Waals surface area (Å²) in [4.78, 5) is 24.2. The number of aliphatic hydroxyl groups is 2. The van der Waals surface area contributed by atoms with Gasteiger partial charge >= 0.3 is 0 Å². The third-order valence-corrected chi connectivity index (χ3v) is 11.9. The number of rotatable bonds is 6. The van der Waals surface area contributed by atoms with Gasteiger partial charge in [0, 0.05) is 17.7 Å². The summed E-state index contributed by atoms with van der Waals surface area (Å²) in [7, 11) is 0. The van der Waals surface area contributed by atoms with E-state index in [1.807, 2.05) is 0 Å². The van der Waals surface area contributed by atoms with Crippen LogP contribution in [0.2, 0.25) is 0 Å². The number of carbonyl (C=O) groups is 2. The summed E-state index contributed by atoms with van der Waals surface area (Å²) in [5.41, 5.74) is 1.56. The van der Waals surface area contributed by atoms with Crippen LogP contribution in [0.5, 0.6) is 0 Å². The van der Waals surface area contributed by atoms with E-state index in [-0.39, 0.29) is 34.7 Å². The van der Waals surface area contributed by atoms with Crippen LogP contribution >= 0.6 is 0 Å². The number of aliphatic hydroxyl groups excluding tert-OH is 2. The first kappa shape index (κ1) is 26.9. The first-order chi connectivity index (χ1) is 17.5. The van der Waals surface area contributed by atoms with Crippen LogP contribution in [0.25, 0.3) is 0 Å². The molecule has 3 N–H and O–H groups in total. The van der Waals surface area contributed by atoms with Gasteiger partial charge in [-0.3, -0.25) is 9.59 Å². The van der Waals surface area contributed by atoms with Gasteiger partial charge in [0.25, 0.3) is 0 Å². The smallest absolute Gasteiger partial charge is 0.224 e. The molecule has 0 aliphatic heterocycles. The van der Waals surface area contributed by atoms with E-state index >= 15 is 0 Å². The SMILES string of the molecule is CC(=O)c1ccc(NC(=O)CC[C@@H](C)[C@H]2CC[C@H]3[C@@H]4CC[C@@H]5C[C@H](O)CC[C@]5(C)[C@H]4C[C@H](O)[C@]23C)cc1. The van der Waals surface area contributed by atoms with Gasteiger partial charge in [0.15, 0.2) is 5.78 Å². The molecule has 0 unspecified atom stereocenters. The zero-order valence-electron chi connectivity index (χ0n) is 23.2. The molecular formula is C32H47NO4. The summed E-state index contributed by atoms with van der Waals surface area (Å²) in [5.74, 6) is 3.26. The van der Waals surface area contributed by atoms with Crippen molar-refractivity contribution in [1.29, 1.82) is 0 Å². The molecule has 4 fully saturated rings. The summed E-state index contributed by atoms with van der Waals surface area (Å²) in [6, 6.07) is 7.08. The molecule has 204 valence electrons. The molecule has 0 heterocycles. The number of fused-ring (bicyclic) bond motifs is 5. The Hall–Kier alpha value is -1.72. The van der Waals surface area contributed by atoms with Crippen LogP contribution in [0.3, 0.4) is 0 Å². The lowest BCUT2D eigenvalue weighted by atomic mass is 9.43. The van der Waals surface area contributed by atoms with Gasteiger partial charge in [-0.05, 0) is 135 Å². The van der Waals surface area contributed by atoms with Crippen molar-refractivity contribution in [3.05, 3.63) is 29.8 Å². The Morgan fingerprint density at radius 2 is 1.73 bits per heavy atom. The minimum atomic E-state index is -0.287. The van der Waals surface area contributed by atoms with E-state index in [2.05, 4.69) is 26.1 Å². The van der Waals surface area contributed by atoms with Gasteiger partial charge < -0.3 is 15.5 Å². The Labute approximate surface area is 222 Å². The Balaban J connectivity index is 1.22. The Morgan fingerprint density at radius 1 is 1.00 bits per heavy atom. The molecular weight excluding hydrogens is 462 g/mol. The van der Waals surface area contributed by atoms with Gasteiger partial charge in [-0.1, -0.05) is 20.8 Å². The highest BCUT2D eigenvalue weighted by Gasteiger charge is 2.63. The maximum Gasteiger partial charge on any atom is 0.224 e. The van der Waals surface area contributed by atoms with Crippen molar-refractivity contribution >= 4 is 17.4 Å². The number of Topliss-reactive ketones (excluding diaryl/α,β-unsaturated/α-hetero) is 1. The molecule has 5 rings (SSSR count). The molecule has 0 spiro atoms. The Bertz CT molecular complexity index is 1010. The van der Waals surface area contributed by atoms with Gasteiger partial charge in [-0.2, -0.15) is 0 Å². The van der Waals surface area contributed by atoms with Crippen molar-refractivity contribution < 1.29 is 19.8 Å². The average molecular weight is 510 g/mol. The molecule has 4 aliphatic carbocycles. The number of carbonyl (C=O) groups excluding carboxylic acids is 2. The minimum absolute atomic E-state index is 0.0112. The number of amides is 1. The van der Waals surface area contributed by atoms with Gasteiger partial charge in [0.2, 0.25) is 5.91 Å². The van der Waals surface area contributed by atoms with Crippen LogP contribution in [0, 0.1) is 46.3 Å². The van der Waals surface area contributed by atoms with E-state index in [1.54, 1.807) is 31.2 Å². The predicted octanol–water partition coefficient (Wildman–Crippen LogP) is 6.23. The largest absolute Gasteiger partial charge is 0.393 e. The minimum Gasteiger partial charge on any atom is -0.393 e. The van der Waals surface area contributed by atoms with Crippen molar-refractivity contribution in [1.82, 2.24) is 0 Å². The fourth-order valence-corrected chi connectivity index (χ4v) is 9.73. The first-order valence-electron chi connectivity index (χ1n) is 14.8. The predicted molar refractivity (Wildman–Crippen MR) is 146 cm³/mol. The molecule has 1 amide bonds. The normalized spacial score (nSPS) is 41.7. The molecule has 4 aliphatic rings. The molecule has 0 radical (unpaired) electrons. The zero-order chi connectivity index (χ0) is 26.5. The second-order valence-electron chi connectivity index (χ2n) is 13.6. The second-order valence-corrected chi connectivity index (χ2v) is 13.6. The van der Waals surface area contributed by atoms with E-state index in [1.165, 1.54) is 19.3 Å². The van der Waals surface area contributed by atoms with Gasteiger partial charge in [-0.15, -0.1) is 0 Å². The van der Waals surface area contributed by atoms with Crippen LogP contribution in [0.15, 0.2) is 24.3 Å². The van der Waals surface area contributed by atoms with Crippen LogP contribution in [-0.4, -0.2) is 34.1 Å². The maximum atomic E-state index is 12.7. The van der Waals surface area contributed by atoms with Crippen LogP contribution in [0.1, 0.15) is 102 Å². The number of hydrogen-bond donors (Lipinski definition) is 3. The van der Waals surface area contributed by atoms with E-state index in [0.29, 0.717) is 47.5 Å². The van der Waals surface area contributed by atoms with E-state index in [9.17, 15) is 19.8 Å². The van der Waals surface area contributed by atoms with Gasteiger partial charge in [-0.25, -0.2) is 0 Å². The van der Waals surface area contributed by atoms with Crippen LogP contribution in [-0.2, 0) is 4.79 Å². The van der Waals surface area contributed by atoms with Crippen molar-refractivity contribution in [2.45, 2.75) is 104 Å². The van der Waals surface area contributed by atoms with Crippen LogP contribution in [0.4, 0.5) is 5.69 Å². The van der Waals surface area contributed by atoms with Crippen molar-refractivity contribution in [2.24, 2.45) is 46.3 Å². The lowest BCUT2D eigenvalue weighted by molar-refractivity contribution is -0.174. The Morgan fingerprint density at radius 3 is 2.43 bits per heavy atom. The fraction of sp³-hybridized carbons (Fsp3) is 0.750. The molecule has 1 aromatic carbocycles. The molecule has 1 aromatic rings. The maximum absolute atomic E-state index is 12.7. The molecule has 0 aromatic heterocycles. The molecule has 10 atom stereocenters. The fourth-order valence-electron chi connectivity index (χ4n) is 9.73. The summed E-state index contributed by atoms with van der Waals surface area (Å²) in [6.07, 6.45) is 9.55. The Kier molecular flexibility index (Phi) is 7.34. The summed E-state index contributed by atoms with van der Waals surface area (Å²) in [5, 5.41) is 25.0.